The number of esters is 1. The van der Waals surface area contributed by atoms with Gasteiger partial charge in [-0.2, -0.15) is 0 Å². The summed E-state index contributed by atoms with van der Waals surface area (Å²) >= 11 is 0. The van der Waals surface area contributed by atoms with Crippen LogP contribution in [0.15, 0.2) is 0 Å². The second kappa shape index (κ2) is 4.41. The van der Waals surface area contributed by atoms with Gasteiger partial charge in [0.25, 0.3) is 0 Å². The summed E-state index contributed by atoms with van der Waals surface area (Å²) in [6.45, 7) is 3.57. The van der Waals surface area contributed by atoms with Crippen LogP contribution >= 0.6 is 0 Å². The van der Waals surface area contributed by atoms with Gasteiger partial charge in [-0.05, 0) is 46.6 Å². The maximum Gasteiger partial charge on any atom is 0.338 e. The summed E-state index contributed by atoms with van der Waals surface area (Å²) < 4.78 is 12.4. The monoisotopic (exact) mass is 230 g/mol. The molecule has 16 heavy (non-hydrogen) atoms. The lowest BCUT2D eigenvalue weighted by molar-refractivity contribution is -0.172. The maximum absolute atomic E-state index is 12.0. The SMILES string of the molecule is [2H]CC(C)(C)OC(=O)C1(C(=O)O)CCCCN1. The van der Waals surface area contributed by atoms with Crippen LogP contribution in [-0.4, -0.2) is 34.7 Å². The summed E-state index contributed by atoms with van der Waals surface area (Å²) in [4.78, 5) is 23.3. The molecule has 0 aromatic heterocycles. The highest BCUT2D eigenvalue weighted by Crippen LogP contribution is 2.23. The largest absolute Gasteiger partial charge is 0.479 e. The molecule has 1 saturated heterocycles. The van der Waals surface area contributed by atoms with E-state index in [1.807, 2.05) is 0 Å². The van der Waals surface area contributed by atoms with Crippen LogP contribution in [0.25, 0.3) is 0 Å². The van der Waals surface area contributed by atoms with Crippen molar-refractivity contribution < 1.29 is 20.8 Å². The van der Waals surface area contributed by atoms with Gasteiger partial charge in [0.05, 0.1) is 0 Å². The molecule has 0 aliphatic carbocycles. The average molecular weight is 230 g/mol. The number of carbonyl (C=O) groups excluding carboxylic acids is 1. The molecule has 0 radical (unpaired) electrons. The van der Waals surface area contributed by atoms with E-state index in [9.17, 15) is 14.7 Å². The Bertz CT molecular complexity index is 311. The first-order chi connectivity index (χ1) is 7.84. The Kier molecular flexibility index (Phi) is 3.14. The van der Waals surface area contributed by atoms with Gasteiger partial charge in [-0.15, -0.1) is 0 Å². The predicted octanol–water partition coefficient (Wildman–Crippen LogP) is 0.925. The number of rotatable bonds is 2. The van der Waals surface area contributed by atoms with E-state index in [-0.39, 0.29) is 13.3 Å². The van der Waals surface area contributed by atoms with Crippen LogP contribution < -0.4 is 5.32 Å². The standard InChI is InChI=1S/C11H19NO4/c1-10(2,3)16-9(15)11(8(13)14)6-4-5-7-12-11/h12H,4-7H2,1-3H3,(H,13,14)/i1D. The number of carboxylic acid groups (broad SMARTS) is 1. The fourth-order valence-electron chi connectivity index (χ4n) is 1.69. The van der Waals surface area contributed by atoms with Gasteiger partial charge in [0.2, 0.25) is 5.54 Å². The minimum absolute atomic E-state index is 0.103. The minimum atomic E-state index is -1.63. The Morgan fingerprint density at radius 1 is 1.50 bits per heavy atom. The predicted molar refractivity (Wildman–Crippen MR) is 58.1 cm³/mol. The quantitative estimate of drug-likeness (QED) is 0.545. The van der Waals surface area contributed by atoms with E-state index in [1.165, 1.54) is 0 Å². The minimum Gasteiger partial charge on any atom is -0.479 e. The van der Waals surface area contributed by atoms with Crippen LogP contribution in [0.2, 0.25) is 0 Å². The zero-order valence-corrected chi connectivity index (χ0v) is 9.71. The third kappa shape index (κ3) is 2.72. The molecular formula is C11H19NO4. The summed E-state index contributed by atoms with van der Waals surface area (Å²) in [5, 5.41) is 12.0. The first-order valence-electron chi connectivity index (χ1n) is 6.06. The van der Waals surface area contributed by atoms with Gasteiger partial charge in [-0.1, -0.05) is 0 Å². The van der Waals surface area contributed by atoms with Crippen molar-refractivity contribution in [1.29, 1.82) is 0 Å². The van der Waals surface area contributed by atoms with E-state index in [2.05, 4.69) is 5.32 Å². The van der Waals surface area contributed by atoms with Crippen LogP contribution in [0.1, 0.15) is 41.4 Å². The molecule has 5 heteroatoms. The lowest BCUT2D eigenvalue weighted by Gasteiger charge is -2.34. The fraction of sp³-hybridized carbons (Fsp3) is 0.818. The topological polar surface area (TPSA) is 75.6 Å². The Morgan fingerprint density at radius 3 is 2.62 bits per heavy atom. The molecule has 0 saturated carbocycles. The van der Waals surface area contributed by atoms with E-state index < -0.39 is 23.1 Å². The van der Waals surface area contributed by atoms with Crippen LogP contribution in [-0.2, 0) is 14.3 Å². The zero-order valence-electron chi connectivity index (χ0n) is 10.7. The lowest BCUT2D eigenvalue weighted by atomic mass is 9.89. The number of carbonyl (C=O) groups is 2. The van der Waals surface area contributed by atoms with Crippen LogP contribution in [0.5, 0.6) is 0 Å². The van der Waals surface area contributed by atoms with Gasteiger partial charge in [-0.3, -0.25) is 5.32 Å². The highest BCUT2D eigenvalue weighted by atomic mass is 16.6. The van der Waals surface area contributed by atoms with Crippen molar-refractivity contribution in [1.82, 2.24) is 5.32 Å². The van der Waals surface area contributed by atoms with E-state index in [0.717, 1.165) is 6.42 Å². The molecule has 1 rings (SSSR count). The van der Waals surface area contributed by atoms with Gasteiger partial charge >= 0.3 is 11.9 Å². The molecule has 5 nitrogen and oxygen atoms in total. The maximum atomic E-state index is 12.0. The molecule has 0 bridgehead atoms. The number of ether oxygens (including phenoxy) is 1. The van der Waals surface area contributed by atoms with Gasteiger partial charge in [0.1, 0.15) is 5.60 Å². The van der Waals surface area contributed by atoms with Gasteiger partial charge in [-0.25, -0.2) is 9.59 Å². The van der Waals surface area contributed by atoms with Crippen molar-refractivity contribution in [3.8, 4) is 0 Å². The van der Waals surface area contributed by atoms with Gasteiger partial charge in [0.15, 0.2) is 0 Å². The lowest BCUT2D eigenvalue weighted by Crippen LogP contribution is -2.61. The number of carboxylic acids is 1. The third-order valence-corrected chi connectivity index (χ3v) is 2.49. The number of aliphatic carboxylic acids is 1. The second-order valence-electron chi connectivity index (χ2n) is 4.74. The van der Waals surface area contributed by atoms with Crippen molar-refractivity contribution in [2.75, 3.05) is 6.54 Å². The highest BCUT2D eigenvalue weighted by molar-refractivity contribution is 6.04. The van der Waals surface area contributed by atoms with E-state index in [4.69, 9.17) is 6.11 Å². The van der Waals surface area contributed by atoms with E-state index in [0.29, 0.717) is 13.0 Å². The molecule has 1 aliphatic heterocycles. The normalized spacial score (nSPS) is 27.0. The number of hydrogen-bond donors (Lipinski definition) is 2. The Morgan fingerprint density at radius 2 is 2.19 bits per heavy atom. The van der Waals surface area contributed by atoms with E-state index >= 15 is 0 Å². The Hall–Kier alpha value is -1.10. The molecule has 1 unspecified atom stereocenters. The second-order valence-corrected chi connectivity index (χ2v) is 4.74. The molecule has 2 N–H and O–H groups in total. The molecule has 0 aromatic carbocycles. The smallest absolute Gasteiger partial charge is 0.338 e. The average Bonchev–Trinajstić information content (AvgIpc) is 2.29. The highest BCUT2D eigenvalue weighted by Gasteiger charge is 2.49. The molecule has 92 valence electrons. The van der Waals surface area contributed by atoms with Crippen molar-refractivity contribution in [2.45, 2.75) is 51.1 Å². The van der Waals surface area contributed by atoms with Crippen molar-refractivity contribution >= 4 is 11.9 Å². The Labute approximate surface area is 96.6 Å². The third-order valence-electron chi connectivity index (χ3n) is 2.49. The number of nitrogens with one attached hydrogen (secondary N) is 1. The summed E-state index contributed by atoms with van der Waals surface area (Å²) in [6, 6.07) is 0. The number of hydrogen-bond acceptors (Lipinski definition) is 4. The summed E-state index contributed by atoms with van der Waals surface area (Å²) in [7, 11) is 0. The molecule has 0 aromatic rings. The molecule has 0 amide bonds. The first-order valence-corrected chi connectivity index (χ1v) is 5.35. The molecule has 1 atom stereocenters. The van der Waals surface area contributed by atoms with Crippen molar-refractivity contribution in [3.63, 3.8) is 0 Å². The van der Waals surface area contributed by atoms with Gasteiger partial charge in [0, 0.05) is 1.37 Å². The van der Waals surface area contributed by atoms with Crippen LogP contribution in [0, 0.1) is 0 Å². The molecule has 1 aliphatic rings. The van der Waals surface area contributed by atoms with Crippen LogP contribution in [0.4, 0.5) is 0 Å². The summed E-state index contributed by atoms with van der Waals surface area (Å²) in [6.07, 6.45) is 1.76. The summed E-state index contributed by atoms with van der Waals surface area (Å²) in [5.74, 6) is -2.00. The molecule has 1 fully saturated rings. The van der Waals surface area contributed by atoms with E-state index in [1.54, 1.807) is 13.8 Å². The fourth-order valence-corrected chi connectivity index (χ4v) is 1.69. The van der Waals surface area contributed by atoms with Crippen molar-refractivity contribution in [2.24, 2.45) is 0 Å². The van der Waals surface area contributed by atoms with Crippen molar-refractivity contribution in [3.05, 3.63) is 0 Å². The molecule has 1 heterocycles. The summed E-state index contributed by atoms with van der Waals surface area (Å²) in [5.41, 5.74) is -2.59. The van der Waals surface area contributed by atoms with Gasteiger partial charge < -0.3 is 9.84 Å². The van der Waals surface area contributed by atoms with Crippen LogP contribution in [0.3, 0.4) is 0 Å². The Balaban J connectivity index is 2.84. The number of piperidine rings is 1. The first kappa shape index (κ1) is 11.4. The molecular weight excluding hydrogens is 210 g/mol. The zero-order chi connectivity index (χ0) is 13.1. The molecule has 0 spiro atoms.